The number of hydrogen-bond acceptors (Lipinski definition) is 2. The van der Waals surface area contributed by atoms with Gasteiger partial charge in [0.2, 0.25) is 0 Å². The predicted octanol–water partition coefficient (Wildman–Crippen LogP) is 6.58. The number of benzene rings is 3. The Morgan fingerprint density at radius 3 is 1.90 bits per heavy atom. The molecule has 0 saturated heterocycles. The van der Waals surface area contributed by atoms with Crippen LogP contribution in [0.5, 0.6) is 11.5 Å². The van der Waals surface area contributed by atoms with E-state index >= 15 is 0 Å². The molecule has 3 aromatic carbocycles. The molecule has 2 nitrogen and oxygen atoms in total. The van der Waals surface area contributed by atoms with E-state index in [0.717, 1.165) is 6.07 Å². The Labute approximate surface area is 166 Å². The van der Waals surface area contributed by atoms with Crippen molar-refractivity contribution in [3.05, 3.63) is 83.2 Å². The molecule has 0 aliphatic carbocycles. The summed E-state index contributed by atoms with van der Waals surface area (Å²) in [6, 6.07) is 7.65. The SMILES string of the molecule is CCOc1ccc(-c2ccc(C(F)(F)Oc3cc(F)c(F)c(F)c3)c(F)c2F)cc1. The van der Waals surface area contributed by atoms with Gasteiger partial charge in [-0.05, 0) is 30.7 Å². The highest BCUT2D eigenvalue weighted by Crippen LogP contribution is 2.37. The number of rotatable bonds is 6. The van der Waals surface area contributed by atoms with Crippen LogP contribution in [0.25, 0.3) is 11.1 Å². The third-order valence-electron chi connectivity index (χ3n) is 4.08. The molecule has 0 aromatic heterocycles. The van der Waals surface area contributed by atoms with Gasteiger partial charge in [-0.1, -0.05) is 18.2 Å². The van der Waals surface area contributed by atoms with Gasteiger partial charge in [-0.25, -0.2) is 22.0 Å². The molecule has 0 aliphatic rings. The maximum atomic E-state index is 14.5. The summed E-state index contributed by atoms with van der Waals surface area (Å²) in [6.07, 6.45) is -4.50. The third kappa shape index (κ3) is 4.19. The second-order valence-electron chi connectivity index (χ2n) is 6.07. The molecule has 0 aliphatic heterocycles. The van der Waals surface area contributed by atoms with E-state index in [2.05, 4.69) is 4.74 Å². The van der Waals surface area contributed by atoms with Gasteiger partial charge < -0.3 is 9.47 Å². The van der Waals surface area contributed by atoms with Crippen molar-refractivity contribution in [1.82, 2.24) is 0 Å². The Hall–Kier alpha value is -3.23. The maximum Gasteiger partial charge on any atom is 0.429 e. The smallest absolute Gasteiger partial charge is 0.429 e. The summed E-state index contributed by atoms with van der Waals surface area (Å²) < 4.78 is 106. The molecular weight excluding hydrogens is 417 g/mol. The zero-order valence-electron chi connectivity index (χ0n) is 15.3. The molecule has 0 unspecified atom stereocenters. The minimum absolute atomic E-state index is 0.162. The van der Waals surface area contributed by atoms with Gasteiger partial charge in [0.15, 0.2) is 29.1 Å². The zero-order chi connectivity index (χ0) is 22.1. The summed E-state index contributed by atoms with van der Waals surface area (Å²) >= 11 is 0. The molecule has 3 aromatic rings. The van der Waals surface area contributed by atoms with Crippen LogP contribution in [0.2, 0.25) is 0 Å². The molecule has 0 radical (unpaired) electrons. The lowest BCUT2D eigenvalue weighted by Gasteiger charge is -2.20. The average Bonchev–Trinajstić information content (AvgIpc) is 2.68. The number of alkyl halides is 2. The van der Waals surface area contributed by atoms with Crippen LogP contribution >= 0.6 is 0 Å². The van der Waals surface area contributed by atoms with E-state index in [9.17, 15) is 30.7 Å². The topological polar surface area (TPSA) is 18.5 Å². The van der Waals surface area contributed by atoms with E-state index in [1.54, 1.807) is 6.92 Å². The van der Waals surface area contributed by atoms with Crippen molar-refractivity contribution >= 4 is 0 Å². The second-order valence-corrected chi connectivity index (χ2v) is 6.07. The molecular formula is C21H13F7O2. The Morgan fingerprint density at radius 1 is 0.733 bits per heavy atom. The van der Waals surface area contributed by atoms with Crippen molar-refractivity contribution in [3.8, 4) is 22.6 Å². The standard InChI is InChI=1S/C21H13F7O2/c1-2-29-12-5-3-11(4-6-12)14-7-8-15(19(25)18(14)24)21(27,28)30-13-9-16(22)20(26)17(23)10-13/h3-10H,2H2,1H3. The fourth-order valence-corrected chi connectivity index (χ4v) is 2.69. The van der Waals surface area contributed by atoms with Gasteiger partial charge in [0.25, 0.3) is 0 Å². The van der Waals surface area contributed by atoms with E-state index in [1.807, 2.05) is 0 Å². The van der Waals surface area contributed by atoms with Gasteiger partial charge in [0.05, 0.1) is 6.61 Å². The van der Waals surface area contributed by atoms with Crippen LogP contribution in [0.1, 0.15) is 12.5 Å². The molecule has 9 heteroatoms. The Kier molecular flexibility index (Phi) is 5.91. The molecule has 0 amide bonds. The molecule has 158 valence electrons. The summed E-state index contributed by atoms with van der Waals surface area (Å²) in [5.74, 6) is -9.55. The van der Waals surface area contributed by atoms with Crippen molar-refractivity contribution in [1.29, 1.82) is 0 Å². The van der Waals surface area contributed by atoms with E-state index < -0.39 is 46.5 Å². The predicted molar refractivity (Wildman–Crippen MR) is 93.8 cm³/mol. The molecule has 3 rings (SSSR count). The molecule has 0 fully saturated rings. The van der Waals surface area contributed by atoms with Crippen LogP contribution in [0.4, 0.5) is 30.7 Å². The lowest BCUT2D eigenvalue weighted by Crippen LogP contribution is -2.24. The first-order valence-corrected chi connectivity index (χ1v) is 8.57. The van der Waals surface area contributed by atoms with E-state index in [0.29, 0.717) is 18.4 Å². The molecule has 30 heavy (non-hydrogen) atoms. The van der Waals surface area contributed by atoms with E-state index in [-0.39, 0.29) is 23.3 Å². The summed E-state index contributed by atoms with van der Waals surface area (Å²) in [5.41, 5.74) is -1.60. The number of halogens is 7. The van der Waals surface area contributed by atoms with Crippen molar-refractivity contribution in [3.63, 3.8) is 0 Å². The second kappa shape index (κ2) is 8.25. The molecule has 0 heterocycles. The van der Waals surface area contributed by atoms with E-state index in [4.69, 9.17) is 4.74 Å². The van der Waals surface area contributed by atoms with Gasteiger partial charge in [-0.15, -0.1) is 0 Å². The van der Waals surface area contributed by atoms with Crippen molar-refractivity contribution in [2.45, 2.75) is 13.0 Å². The van der Waals surface area contributed by atoms with Crippen LogP contribution in [-0.4, -0.2) is 6.61 Å². The lowest BCUT2D eigenvalue weighted by atomic mass is 10.0. The first-order chi connectivity index (χ1) is 14.1. The highest BCUT2D eigenvalue weighted by molar-refractivity contribution is 5.65. The monoisotopic (exact) mass is 430 g/mol. The van der Waals surface area contributed by atoms with Crippen LogP contribution < -0.4 is 9.47 Å². The quantitative estimate of drug-likeness (QED) is 0.325. The maximum absolute atomic E-state index is 14.5. The first-order valence-electron chi connectivity index (χ1n) is 8.57. The molecule has 0 spiro atoms. The minimum atomic E-state index is -4.50. The van der Waals surface area contributed by atoms with Gasteiger partial charge in [-0.3, -0.25) is 0 Å². The minimum Gasteiger partial charge on any atom is -0.494 e. The summed E-state index contributed by atoms with van der Waals surface area (Å²) in [5, 5.41) is 0. The molecule has 0 bridgehead atoms. The van der Waals surface area contributed by atoms with Crippen LogP contribution in [-0.2, 0) is 6.11 Å². The van der Waals surface area contributed by atoms with Crippen molar-refractivity contribution in [2.75, 3.05) is 6.61 Å². The largest absolute Gasteiger partial charge is 0.494 e. The van der Waals surface area contributed by atoms with Gasteiger partial charge in [0.1, 0.15) is 17.1 Å². The normalized spacial score (nSPS) is 11.5. The van der Waals surface area contributed by atoms with E-state index in [1.165, 1.54) is 24.3 Å². The van der Waals surface area contributed by atoms with Gasteiger partial charge in [-0.2, -0.15) is 8.78 Å². The van der Waals surface area contributed by atoms with Gasteiger partial charge >= 0.3 is 6.11 Å². The third-order valence-corrected chi connectivity index (χ3v) is 4.08. The lowest BCUT2D eigenvalue weighted by molar-refractivity contribution is -0.187. The fourth-order valence-electron chi connectivity index (χ4n) is 2.69. The number of ether oxygens (including phenoxy) is 2. The molecule has 0 N–H and O–H groups in total. The van der Waals surface area contributed by atoms with Crippen LogP contribution in [0.3, 0.4) is 0 Å². The highest BCUT2D eigenvalue weighted by Gasteiger charge is 2.39. The van der Waals surface area contributed by atoms with Crippen molar-refractivity contribution < 1.29 is 40.2 Å². The fraction of sp³-hybridized carbons (Fsp3) is 0.143. The summed E-state index contributed by atoms with van der Waals surface area (Å²) in [4.78, 5) is 0. The van der Waals surface area contributed by atoms with Crippen molar-refractivity contribution in [2.24, 2.45) is 0 Å². The average molecular weight is 430 g/mol. The Balaban J connectivity index is 1.93. The summed E-state index contributed by atoms with van der Waals surface area (Å²) in [7, 11) is 0. The van der Waals surface area contributed by atoms with Crippen LogP contribution in [0.15, 0.2) is 48.5 Å². The molecule has 0 saturated carbocycles. The highest BCUT2D eigenvalue weighted by atomic mass is 19.3. The Morgan fingerprint density at radius 2 is 1.33 bits per heavy atom. The summed E-state index contributed by atoms with van der Waals surface area (Å²) in [6.45, 7) is 2.16. The Bertz CT molecular complexity index is 1040. The van der Waals surface area contributed by atoms with Crippen LogP contribution in [0, 0.1) is 29.1 Å². The number of hydrogen-bond donors (Lipinski definition) is 0. The first kappa shape index (κ1) is 21.5. The van der Waals surface area contributed by atoms with Gasteiger partial charge in [0, 0.05) is 17.7 Å². The molecule has 0 atom stereocenters. The zero-order valence-corrected chi connectivity index (χ0v) is 15.3.